The highest BCUT2D eigenvalue weighted by Crippen LogP contribution is 2.20. The third-order valence-electron chi connectivity index (χ3n) is 3.30. The van der Waals surface area contributed by atoms with Crippen LogP contribution in [0.5, 0.6) is 0 Å². The quantitative estimate of drug-likeness (QED) is 0.822. The number of nitrogens with one attached hydrogen (secondary N) is 1. The first-order valence-electron chi connectivity index (χ1n) is 6.20. The minimum absolute atomic E-state index is 0.519. The number of aryl methyl sites for hydroxylation is 1. The van der Waals surface area contributed by atoms with Crippen molar-refractivity contribution in [3.8, 4) is 0 Å². The largest absolute Gasteiger partial charge is 0.313 e. The average molecular weight is 240 g/mol. The van der Waals surface area contributed by atoms with Gasteiger partial charge in [-0.15, -0.1) is 11.3 Å². The van der Waals surface area contributed by atoms with Gasteiger partial charge in [0.1, 0.15) is 0 Å². The molecule has 0 spiro atoms. The average Bonchev–Trinajstić information content (AvgIpc) is 2.71. The van der Waals surface area contributed by atoms with Crippen LogP contribution < -0.4 is 5.32 Å². The second-order valence-electron chi connectivity index (χ2n) is 4.79. The van der Waals surface area contributed by atoms with Gasteiger partial charge in [-0.05, 0) is 19.8 Å². The van der Waals surface area contributed by atoms with Crippen LogP contribution in [0.25, 0.3) is 0 Å². The summed E-state index contributed by atoms with van der Waals surface area (Å²) in [5.74, 6) is 1.26. The summed E-state index contributed by atoms with van der Waals surface area (Å²) < 4.78 is 0. The first-order valence-corrected chi connectivity index (χ1v) is 7.02. The molecule has 3 unspecified atom stereocenters. The van der Waals surface area contributed by atoms with E-state index >= 15 is 0 Å². The van der Waals surface area contributed by atoms with Crippen molar-refractivity contribution in [2.45, 2.75) is 53.0 Å². The molecule has 0 aromatic carbocycles. The van der Waals surface area contributed by atoms with E-state index in [0.717, 1.165) is 12.5 Å². The first-order chi connectivity index (χ1) is 7.54. The van der Waals surface area contributed by atoms with Gasteiger partial charge in [0.25, 0.3) is 0 Å². The summed E-state index contributed by atoms with van der Waals surface area (Å²) in [4.78, 5) is 5.74. The molecule has 0 saturated heterocycles. The lowest BCUT2D eigenvalue weighted by Gasteiger charge is -2.21. The fraction of sp³-hybridized carbons (Fsp3) is 0.769. The molecule has 3 heteroatoms. The fourth-order valence-electron chi connectivity index (χ4n) is 1.60. The molecular weight excluding hydrogens is 216 g/mol. The summed E-state index contributed by atoms with van der Waals surface area (Å²) in [5.41, 5.74) is 0. The van der Waals surface area contributed by atoms with E-state index < -0.39 is 0 Å². The molecule has 3 atom stereocenters. The number of rotatable bonds is 6. The molecule has 1 heterocycles. The van der Waals surface area contributed by atoms with Gasteiger partial charge in [0.05, 0.1) is 5.01 Å². The van der Waals surface area contributed by atoms with Gasteiger partial charge >= 0.3 is 0 Å². The number of hydrogen-bond donors (Lipinski definition) is 1. The van der Waals surface area contributed by atoms with Crippen LogP contribution in [-0.4, -0.2) is 17.6 Å². The molecular formula is C13H24N2S. The predicted octanol–water partition coefficient (Wildman–Crippen LogP) is 3.58. The normalized spacial score (nSPS) is 17.1. The lowest BCUT2D eigenvalue weighted by atomic mass is 10.0. The molecule has 2 nitrogen and oxygen atoms in total. The van der Waals surface area contributed by atoms with E-state index in [-0.39, 0.29) is 0 Å². The third-order valence-corrected chi connectivity index (χ3v) is 4.45. The van der Waals surface area contributed by atoms with Gasteiger partial charge in [0.2, 0.25) is 0 Å². The van der Waals surface area contributed by atoms with Crippen molar-refractivity contribution in [1.29, 1.82) is 0 Å². The molecule has 0 saturated carbocycles. The van der Waals surface area contributed by atoms with E-state index in [1.807, 2.05) is 17.5 Å². The Morgan fingerprint density at radius 3 is 2.56 bits per heavy atom. The number of nitrogens with zero attached hydrogens (tertiary/aromatic N) is 1. The lowest BCUT2D eigenvalue weighted by molar-refractivity contribution is 0.383. The summed E-state index contributed by atoms with van der Waals surface area (Å²) in [6.45, 7) is 12.2. The number of aromatic nitrogens is 1. The van der Waals surface area contributed by atoms with Crippen LogP contribution in [-0.2, 0) is 0 Å². The minimum atomic E-state index is 0.519. The molecule has 0 aliphatic carbocycles. The molecule has 1 aromatic rings. The Morgan fingerprint density at radius 2 is 2.06 bits per heavy atom. The van der Waals surface area contributed by atoms with Crippen LogP contribution >= 0.6 is 11.3 Å². The Kier molecular flexibility index (Phi) is 5.42. The maximum atomic E-state index is 4.44. The van der Waals surface area contributed by atoms with Gasteiger partial charge in [-0.3, -0.25) is 0 Å². The first kappa shape index (κ1) is 13.7. The van der Waals surface area contributed by atoms with Crippen LogP contribution in [0.1, 0.15) is 49.9 Å². The van der Waals surface area contributed by atoms with Crippen LogP contribution in [0.2, 0.25) is 0 Å². The zero-order valence-electron chi connectivity index (χ0n) is 11.1. The maximum Gasteiger partial charge on any atom is 0.0968 e. The zero-order valence-corrected chi connectivity index (χ0v) is 11.9. The third kappa shape index (κ3) is 3.87. The zero-order chi connectivity index (χ0) is 12.1. The van der Waals surface area contributed by atoms with Gasteiger partial charge in [-0.25, -0.2) is 4.98 Å². The standard InChI is InChI=1S/C13H24N2S/c1-6-9(2)12(5)14-7-10(3)13-15-8-11(4)16-13/h8-10,12,14H,6-7H2,1-5H3. The highest BCUT2D eigenvalue weighted by atomic mass is 32.1. The van der Waals surface area contributed by atoms with E-state index in [9.17, 15) is 0 Å². The Bertz CT molecular complexity index is 309. The van der Waals surface area contributed by atoms with Crippen molar-refractivity contribution in [2.75, 3.05) is 6.54 Å². The molecule has 0 fully saturated rings. The molecule has 16 heavy (non-hydrogen) atoms. The van der Waals surface area contributed by atoms with E-state index in [4.69, 9.17) is 0 Å². The highest BCUT2D eigenvalue weighted by molar-refractivity contribution is 7.11. The Labute approximate surface area is 103 Å². The van der Waals surface area contributed by atoms with Gasteiger partial charge < -0.3 is 5.32 Å². The summed E-state index contributed by atoms with van der Waals surface area (Å²) in [6, 6.07) is 0.591. The molecule has 1 rings (SSSR count). The van der Waals surface area contributed by atoms with Gasteiger partial charge in [-0.2, -0.15) is 0 Å². The van der Waals surface area contributed by atoms with Crippen LogP contribution in [0.15, 0.2) is 6.20 Å². The number of thiazole rings is 1. The van der Waals surface area contributed by atoms with Crippen molar-refractivity contribution in [3.63, 3.8) is 0 Å². The second kappa shape index (κ2) is 6.36. The Hall–Kier alpha value is -0.410. The molecule has 1 aromatic heterocycles. The van der Waals surface area contributed by atoms with Crippen LogP contribution in [0.3, 0.4) is 0 Å². The summed E-state index contributed by atoms with van der Waals surface area (Å²) in [5, 5.41) is 4.86. The van der Waals surface area contributed by atoms with Gasteiger partial charge in [0.15, 0.2) is 0 Å². The highest BCUT2D eigenvalue weighted by Gasteiger charge is 2.13. The fourth-order valence-corrected chi connectivity index (χ4v) is 2.43. The molecule has 92 valence electrons. The van der Waals surface area contributed by atoms with Gasteiger partial charge in [-0.1, -0.05) is 27.2 Å². The van der Waals surface area contributed by atoms with Crippen molar-refractivity contribution in [3.05, 3.63) is 16.1 Å². The topological polar surface area (TPSA) is 24.9 Å². The molecule has 0 aliphatic heterocycles. The monoisotopic (exact) mass is 240 g/mol. The van der Waals surface area contributed by atoms with Crippen molar-refractivity contribution >= 4 is 11.3 Å². The SMILES string of the molecule is CCC(C)C(C)NCC(C)c1ncc(C)s1. The molecule has 1 N–H and O–H groups in total. The van der Waals surface area contributed by atoms with Crippen molar-refractivity contribution in [1.82, 2.24) is 10.3 Å². The predicted molar refractivity (Wildman–Crippen MR) is 72.2 cm³/mol. The van der Waals surface area contributed by atoms with Crippen LogP contribution in [0, 0.1) is 12.8 Å². The minimum Gasteiger partial charge on any atom is -0.313 e. The van der Waals surface area contributed by atoms with Gasteiger partial charge in [0, 0.05) is 29.6 Å². The molecule has 0 amide bonds. The number of hydrogen-bond acceptors (Lipinski definition) is 3. The summed E-state index contributed by atoms with van der Waals surface area (Å²) >= 11 is 1.81. The van der Waals surface area contributed by atoms with E-state index in [2.05, 4.69) is 44.9 Å². The van der Waals surface area contributed by atoms with E-state index in [1.165, 1.54) is 16.3 Å². The summed E-state index contributed by atoms with van der Waals surface area (Å²) in [7, 11) is 0. The maximum absolute atomic E-state index is 4.44. The lowest BCUT2D eigenvalue weighted by Crippen LogP contribution is -2.34. The van der Waals surface area contributed by atoms with E-state index in [0.29, 0.717) is 12.0 Å². The van der Waals surface area contributed by atoms with Crippen LogP contribution in [0.4, 0.5) is 0 Å². The van der Waals surface area contributed by atoms with Crippen molar-refractivity contribution in [2.24, 2.45) is 5.92 Å². The van der Waals surface area contributed by atoms with E-state index in [1.54, 1.807) is 0 Å². The molecule has 0 radical (unpaired) electrons. The Balaban J connectivity index is 2.38. The molecule has 0 aliphatic rings. The second-order valence-corrected chi connectivity index (χ2v) is 6.06. The molecule has 0 bridgehead atoms. The summed E-state index contributed by atoms with van der Waals surface area (Å²) in [6.07, 6.45) is 3.20. The smallest absolute Gasteiger partial charge is 0.0968 e. The Morgan fingerprint density at radius 1 is 1.38 bits per heavy atom. The van der Waals surface area contributed by atoms with Crippen molar-refractivity contribution < 1.29 is 0 Å².